The van der Waals surface area contributed by atoms with Gasteiger partial charge in [0.25, 0.3) is 0 Å². The summed E-state index contributed by atoms with van der Waals surface area (Å²) in [5.74, 6) is 0.674. The first kappa shape index (κ1) is 11.9. The molecule has 1 rings (SSSR count). The van der Waals surface area contributed by atoms with Crippen LogP contribution in [0.5, 0.6) is 0 Å². The summed E-state index contributed by atoms with van der Waals surface area (Å²) in [6, 6.07) is 3.74. The third-order valence-corrected chi connectivity index (χ3v) is 2.77. The van der Waals surface area contributed by atoms with Crippen LogP contribution in [0.1, 0.15) is 33.4 Å². The number of aromatic nitrogens is 2. The molecule has 0 atom stereocenters. The number of aryl methyl sites for hydroxylation is 1. The van der Waals surface area contributed by atoms with E-state index in [1.807, 2.05) is 32.9 Å². The maximum absolute atomic E-state index is 9.95. The number of hydrogen-bond acceptors (Lipinski definition) is 4. The summed E-state index contributed by atoms with van der Waals surface area (Å²) in [5, 5.41) is 21.1. The van der Waals surface area contributed by atoms with Crippen molar-refractivity contribution in [2.24, 2.45) is 0 Å². The van der Waals surface area contributed by atoms with Crippen LogP contribution >= 0.6 is 0 Å². The number of hydrogen-bond donors (Lipinski definition) is 2. The number of nitrogens with one attached hydrogen (secondary N) is 1. The molecule has 0 aliphatic carbocycles. The fourth-order valence-electron chi connectivity index (χ4n) is 0.939. The molecule has 0 bridgehead atoms. The summed E-state index contributed by atoms with van der Waals surface area (Å²) in [6.07, 6.45) is 0. The summed E-state index contributed by atoms with van der Waals surface area (Å²) < 4.78 is 0. The molecule has 1 aromatic heterocycles. The van der Waals surface area contributed by atoms with Gasteiger partial charge in [-0.3, -0.25) is 0 Å². The van der Waals surface area contributed by atoms with Crippen LogP contribution in [0.3, 0.4) is 0 Å². The smallest absolute Gasteiger partial charge is 0.149 e. The minimum Gasteiger partial charge on any atom is -0.388 e. The molecule has 4 heteroatoms. The standard InChI is InChI=1S/C11H19N3O/c1-8-6-7-9(14-13-8)12-10(2,3)11(4,5)15/h6-7,15H,1-5H3,(H,12,14). The van der Waals surface area contributed by atoms with Crippen LogP contribution in [-0.4, -0.2) is 26.4 Å². The lowest BCUT2D eigenvalue weighted by Gasteiger charge is -2.38. The Labute approximate surface area is 90.7 Å². The normalized spacial score (nSPS) is 12.7. The van der Waals surface area contributed by atoms with Crippen LogP contribution in [-0.2, 0) is 0 Å². The van der Waals surface area contributed by atoms with Crippen molar-refractivity contribution in [1.82, 2.24) is 10.2 Å². The highest BCUT2D eigenvalue weighted by molar-refractivity contribution is 5.37. The Balaban J connectivity index is 2.82. The molecular weight excluding hydrogens is 190 g/mol. The van der Waals surface area contributed by atoms with Gasteiger partial charge in [-0.2, -0.15) is 5.10 Å². The highest BCUT2D eigenvalue weighted by Crippen LogP contribution is 2.24. The van der Waals surface area contributed by atoms with Crippen LogP contribution < -0.4 is 5.32 Å². The van der Waals surface area contributed by atoms with Crippen LogP contribution in [0.25, 0.3) is 0 Å². The van der Waals surface area contributed by atoms with Crippen molar-refractivity contribution in [2.45, 2.75) is 45.8 Å². The van der Waals surface area contributed by atoms with Gasteiger partial charge in [-0.15, -0.1) is 5.10 Å². The molecule has 1 aromatic rings. The van der Waals surface area contributed by atoms with Gasteiger partial charge in [-0.25, -0.2) is 0 Å². The fraction of sp³-hybridized carbons (Fsp3) is 0.636. The van der Waals surface area contributed by atoms with Gasteiger partial charge in [0.05, 0.1) is 16.8 Å². The third kappa shape index (κ3) is 2.89. The van der Waals surface area contributed by atoms with Crippen molar-refractivity contribution in [3.8, 4) is 0 Å². The quantitative estimate of drug-likeness (QED) is 0.796. The molecule has 0 saturated heterocycles. The van der Waals surface area contributed by atoms with E-state index in [2.05, 4.69) is 15.5 Å². The maximum atomic E-state index is 9.95. The molecule has 0 spiro atoms. The topological polar surface area (TPSA) is 58.0 Å². The minimum atomic E-state index is -0.834. The lowest BCUT2D eigenvalue weighted by atomic mass is 9.86. The predicted molar refractivity (Wildman–Crippen MR) is 60.8 cm³/mol. The van der Waals surface area contributed by atoms with Gasteiger partial charge >= 0.3 is 0 Å². The third-order valence-electron chi connectivity index (χ3n) is 2.77. The van der Waals surface area contributed by atoms with Gasteiger partial charge in [0, 0.05) is 0 Å². The van der Waals surface area contributed by atoms with Crippen molar-refractivity contribution in [3.05, 3.63) is 17.8 Å². The van der Waals surface area contributed by atoms with Gasteiger partial charge in [-0.1, -0.05) is 0 Å². The average Bonchev–Trinajstić information content (AvgIpc) is 2.06. The molecular formula is C11H19N3O. The SMILES string of the molecule is Cc1ccc(NC(C)(C)C(C)(C)O)nn1. The zero-order valence-corrected chi connectivity index (χ0v) is 10.00. The summed E-state index contributed by atoms with van der Waals surface area (Å²) in [7, 11) is 0. The molecule has 0 amide bonds. The van der Waals surface area contributed by atoms with E-state index >= 15 is 0 Å². The van der Waals surface area contributed by atoms with Gasteiger partial charge < -0.3 is 10.4 Å². The van der Waals surface area contributed by atoms with Gasteiger partial charge in [0.2, 0.25) is 0 Å². The Morgan fingerprint density at radius 3 is 2.13 bits per heavy atom. The number of anilines is 1. The zero-order chi connectivity index (χ0) is 11.7. The Kier molecular flexibility index (Phi) is 3.00. The number of rotatable bonds is 3. The van der Waals surface area contributed by atoms with Gasteiger partial charge in [-0.05, 0) is 46.8 Å². The predicted octanol–water partition coefficient (Wildman–Crippen LogP) is 1.75. The van der Waals surface area contributed by atoms with E-state index in [9.17, 15) is 5.11 Å². The first-order chi connectivity index (χ1) is 6.72. The van der Waals surface area contributed by atoms with Crippen molar-refractivity contribution >= 4 is 5.82 Å². The van der Waals surface area contributed by atoms with Crippen LogP contribution in [0, 0.1) is 6.92 Å². The van der Waals surface area contributed by atoms with Crippen LogP contribution in [0.4, 0.5) is 5.82 Å². The molecule has 0 saturated carbocycles. The average molecular weight is 209 g/mol. The molecule has 0 aliphatic heterocycles. The molecule has 84 valence electrons. The van der Waals surface area contributed by atoms with Crippen LogP contribution in [0.2, 0.25) is 0 Å². The van der Waals surface area contributed by atoms with Crippen molar-refractivity contribution in [2.75, 3.05) is 5.32 Å². The minimum absolute atomic E-state index is 0.461. The Morgan fingerprint density at radius 2 is 1.73 bits per heavy atom. The second-order valence-electron chi connectivity index (χ2n) is 4.87. The Morgan fingerprint density at radius 1 is 1.13 bits per heavy atom. The molecule has 4 nitrogen and oxygen atoms in total. The van der Waals surface area contributed by atoms with E-state index in [1.54, 1.807) is 13.8 Å². The monoisotopic (exact) mass is 209 g/mol. The second kappa shape index (κ2) is 3.77. The summed E-state index contributed by atoms with van der Waals surface area (Å²) in [4.78, 5) is 0. The van der Waals surface area contributed by atoms with E-state index < -0.39 is 11.1 Å². The highest BCUT2D eigenvalue weighted by atomic mass is 16.3. The van der Waals surface area contributed by atoms with Gasteiger partial charge in [0.15, 0.2) is 0 Å². The highest BCUT2D eigenvalue weighted by Gasteiger charge is 2.35. The van der Waals surface area contributed by atoms with E-state index in [0.717, 1.165) is 5.69 Å². The van der Waals surface area contributed by atoms with E-state index in [4.69, 9.17) is 0 Å². The van der Waals surface area contributed by atoms with Crippen molar-refractivity contribution < 1.29 is 5.11 Å². The molecule has 2 N–H and O–H groups in total. The maximum Gasteiger partial charge on any atom is 0.149 e. The molecule has 1 heterocycles. The van der Waals surface area contributed by atoms with Crippen molar-refractivity contribution in [3.63, 3.8) is 0 Å². The first-order valence-electron chi connectivity index (χ1n) is 5.03. The molecule has 0 unspecified atom stereocenters. The zero-order valence-electron chi connectivity index (χ0n) is 10.00. The summed E-state index contributed by atoms with van der Waals surface area (Å²) in [6.45, 7) is 9.27. The first-order valence-corrected chi connectivity index (χ1v) is 5.03. The molecule has 0 fully saturated rings. The number of nitrogens with zero attached hydrogens (tertiary/aromatic N) is 2. The summed E-state index contributed by atoms with van der Waals surface area (Å²) in [5.41, 5.74) is -0.419. The molecule has 0 aliphatic rings. The van der Waals surface area contributed by atoms with Crippen molar-refractivity contribution in [1.29, 1.82) is 0 Å². The van der Waals surface area contributed by atoms with E-state index in [0.29, 0.717) is 5.82 Å². The summed E-state index contributed by atoms with van der Waals surface area (Å²) >= 11 is 0. The Hall–Kier alpha value is -1.16. The number of aliphatic hydroxyl groups is 1. The van der Waals surface area contributed by atoms with E-state index in [1.165, 1.54) is 0 Å². The lowest BCUT2D eigenvalue weighted by Crippen LogP contribution is -2.51. The second-order valence-corrected chi connectivity index (χ2v) is 4.87. The largest absolute Gasteiger partial charge is 0.388 e. The molecule has 0 aromatic carbocycles. The molecule has 0 radical (unpaired) electrons. The van der Waals surface area contributed by atoms with Crippen LogP contribution in [0.15, 0.2) is 12.1 Å². The Bertz CT molecular complexity index is 325. The lowest BCUT2D eigenvalue weighted by molar-refractivity contribution is 0.0238. The fourth-order valence-corrected chi connectivity index (χ4v) is 0.939. The van der Waals surface area contributed by atoms with Gasteiger partial charge in [0.1, 0.15) is 5.82 Å². The molecule has 15 heavy (non-hydrogen) atoms. The van der Waals surface area contributed by atoms with E-state index in [-0.39, 0.29) is 0 Å².